The number of carboxylic acids is 1. The molecule has 1 aliphatic heterocycles. The first-order valence-electron chi connectivity index (χ1n) is 8.59. The minimum Gasteiger partial charge on any atom is -0.480 e. The highest BCUT2D eigenvalue weighted by molar-refractivity contribution is 8.00. The van der Waals surface area contributed by atoms with Crippen LogP contribution in [-0.4, -0.2) is 40.8 Å². The number of hydrogen-bond acceptors (Lipinski definition) is 4. The van der Waals surface area contributed by atoms with Gasteiger partial charge in [0.15, 0.2) is 0 Å². The van der Waals surface area contributed by atoms with E-state index in [1.54, 1.807) is 0 Å². The van der Waals surface area contributed by atoms with Crippen molar-refractivity contribution in [2.75, 3.05) is 12.4 Å². The summed E-state index contributed by atoms with van der Waals surface area (Å²) >= 11 is 1.36. The van der Waals surface area contributed by atoms with E-state index < -0.39 is 17.3 Å². The van der Waals surface area contributed by atoms with Gasteiger partial charge in [-0.25, -0.2) is 4.79 Å². The highest BCUT2D eigenvalue weighted by Crippen LogP contribution is 2.44. The molecule has 0 radical (unpaired) electrons. The van der Waals surface area contributed by atoms with E-state index in [2.05, 4.69) is 29.6 Å². The summed E-state index contributed by atoms with van der Waals surface area (Å²) in [4.78, 5) is 23.2. The third kappa shape index (κ3) is 3.17. The van der Waals surface area contributed by atoms with Crippen LogP contribution in [-0.2, 0) is 9.53 Å². The van der Waals surface area contributed by atoms with E-state index in [1.807, 2.05) is 24.3 Å². The van der Waals surface area contributed by atoms with Gasteiger partial charge >= 0.3 is 12.1 Å². The van der Waals surface area contributed by atoms with Gasteiger partial charge in [0.2, 0.25) is 0 Å². The minimum absolute atomic E-state index is 0.0258. The molecule has 0 spiro atoms. The molecule has 26 heavy (non-hydrogen) atoms. The zero-order chi connectivity index (χ0) is 18.1. The molecule has 134 valence electrons. The molecule has 5 nitrogen and oxygen atoms in total. The van der Waals surface area contributed by atoms with Crippen LogP contribution < -0.4 is 5.32 Å². The Hall–Kier alpha value is -2.47. The summed E-state index contributed by atoms with van der Waals surface area (Å²) in [6.07, 6.45) is -0.0482. The van der Waals surface area contributed by atoms with Crippen molar-refractivity contribution in [1.29, 1.82) is 0 Å². The van der Waals surface area contributed by atoms with Crippen LogP contribution in [0.15, 0.2) is 48.5 Å². The van der Waals surface area contributed by atoms with E-state index in [0.717, 1.165) is 0 Å². The molecule has 1 heterocycles. The number of amides is 1. The first kappa shape index (κ1) is 17.0. The third-order valence-electron chi connectivity index (χ3n) is 4.94. The molecular formula is C20H19NO4S. The Labute approximate surface area is 155 Å². The predicted octanol–water partition coefficient (Wildman–Crippen LogP) is 3.48. The summed E-state index contributed by atoms with van der Waals surface area (Å²) in [6, 6.07) is 16.2. The van der Waals surface area contributed by atoms with E-state index in [1.165, 1.54) is 34.0 Å². The van der Waals surface area contributed by atoms with E-state index in [0.29, 0.717) is 12.2 Å². The molecule has 0 bridgehead atoms. The highest BCUT2D eigenvalue weighted by atomic mass is 32.2. The Kier molecular flexibility index (Phi) is 4.59. The molecule has 6 heteroatoms. The second-order valence-corrected chi connectivity index (χ2v) is 7.80. The van der Waals surface area contributed by atoms with Gasteiger partial charge in [-0.05, 0) is 28.7 Å². The zero-order valence-corrected chi connectivity index (χ0v) is 14.9. The number of alkyl carbamates (subject to hydrolysis) is 1. The van der Waals surface area contributed by atoms with Gasteiger partial charge in [0.05, 0.1) is 0 Å². The summed E-state index contributed by atoms with van der Waals surface area (Å²) < 4.78 is 5.49. The molecule has 1 saturated heterocycles. The second kappa shape index (κ2) is 7.03. The van der Waals surface area contributed by atoms with Crippen molar-refractivity contribution in [3.05, 3.63) is 59.7 Å². The molecule has 1 aliphatic carbocycles. The minimum atomic E-state index is -0.827. The molecular weight excluding hydrogens is 350 g/mol. The number of aliphatic carboxylic acids is 1. The van der Waals surface area contributed by atoms with Crippen LogP contribution >= 0.6 is 11.8 Å². The number of benzene rings is 2. The van der Waals surface area contributed by atoms with Crippen molar-refractivity contribution >= 4 is 23.8 Å². The Bertz CT molecular complexity index is 808. The second-order valence-electron chi connectivity index (χ2n) is 6.56. The molecule has 4 rings (SSSR count). The largest absolute Gasteiger partial charge is 0.480 e. The number of ether oxygens (including phenoxy) is 1. The van der Waals surface area contributed by atoms with E-state index >= 15 is 0 Å². The molecule has 2 aromatic carbocycles. The van der Waals surface area contributed by atoms with E-state index in [-0.39, 0.29) is 18.6 Å². The number of carbonyl (C=O) groups excluding carboxylic acids is 1. The van der Waals surface area contributed by atoms with Crippen LogP contribution in [0.5, 0.6) is 0 Å². The summed E-state index contributed by atoms with van der Waals surface area (Å²) in [5.41, 5.74) is 4.72. The van der Waals surface area contributed by atoms with Crippen molar-refractivity contribution in [1.82, 2.24) is 5.32 Å². The number of nitrogens with one attached hydrogen (secondary N) is 1. The van der Waals surface area contributed by atoms with Gasteiger partial charge in [-0.1, -0.05) is 48.5 Å². The van der Waals surface area contributed by atoms with Crippen LogP contribution in [0.25, 0.3) is 11.1 Å². The topological polar surface area (TPSA) is 75.6 Å². The molecule has 0 unspecified atom stereocenters. The van der Waals surface area contributed by atoms with Gasteiger partial charge in [-0.2, -0.15) is 0 Å². The maximum absolute atomic E-state index is 12.2. The van der Waals surface area contributed by atoms with Crippen molar-refractivity contribution < 1.29 is 19.4 Å². The van der Waals surface area contributed by atoms with Crippen LogP contribution in [0.2, 0.25) is 0 Å². The fourth-order valence-electron chi connectivity index (χ4n) is 3.71. The quantitative estimate of drug-likeness (QED) is 0.863. The van der Waals surface area contributed by atoms with Crippen molar-refractivity contribution in [3.8, 4) is 11.1 Å². The van der Waals surface area contributed by atoms with E-state index in [4.69, 9.17) is 9.84 Å². The Balaban J connectivity index is 1.41. The number of fused-ring (bicyclic) bond motifs is 3. The summed E-state index contributed by atoms with van der Waals surface area (Å²) in [5.74, 6) is -0.203. The lowest BCUT2D eigenvalue weighted by atomic mass is 9.98. The fourth-order valence-corrected chi connectivity index (χ4v) is 4.90. The fraction of sp³-hybridized carbons (Fsp3) is 0.300. The van der Waals surface area contributed by atoms with Crippen LogP contribution in [0, 0.1) is 0 Å². The molecule has 2 aromatic rings. The smallest absolute Gasteiger partial charge is 0.407 e. The standard InChI is InChI=1S/C20H19NO4S/c22-19(23)18-9-12(11-26-18)21-20(24)25-10-17-15-7-3-1-5-13(15)14-6-2-4-8-16(14)17/h1-8,12,17-18H,9-11H2,(H,21,24)(H,22,23)/t12-,18-/m0/s1. The molecule has 2 aliphatic rings. The maximum Gasteiger partial charge on any atom is 0.407 e. The predicted molar refractivity (Wildman–Crippen MR) is 100 cm³/mol. The Morgan fingerprint density at radius 3 is 2.27 bits per heavy atom. The summed E-state index contributed by atoms with van der Waals surface area (Å²) in [6.45, 7) is 0.266. The van der Waals surface area contributed by atoms with Gasteiger partial charge < -0.3 is 15.2 Å². The van der Waals surface area contributed by atoms with Crippen LogP contribution in [0.4, 0.5) is 4.79 Å². The molecule has 0 aromatic heterocycles. The van der Waals surface area contributed by atoms with Gasteiger partial charge in [-0.3, -0.25) is 4.79 Å². The summed E-state index contributed by atoms with van der Waals surface area (Å²) in [5, 5.41) is 11.4. The number of rotatable bonds is 4. The van der Waals surface area contributed by atoms with Gasteiger partial charge in [0, 0.05) is 17.7 Å². The van der Waals surface area contributed by atoms with Crippen molar-refractivity contribution in [3.63, 3.8) is 0 Å². The SMILES string of the molecule is O=C(N[C@@H]1CS[C@H](C(=O)O)C1)OCC1c2ccccc2-c2ccccc21. The number of carbonyl (C=O) groups is 2. The van der Waals surface area contributed by atoms with Crippen LogP contribution in [0.1, 0.15) is 23.5 Å². The zero-order valence-electron chi connectivity index (χ0n) is 14.1. The van der Waals surface area contributed by atoms with Crippen LogP contribution in [0.3, 0.4) is 0 Å². The average molecular weight is 369 g/mol. The van der Waals surface area contributed by atoms with E-state index in [9.17, 15) is 9.59 Å². The maximum atomic E-state index is 12.2. The first-order chi connectivity index (χ1) is 12.6. The molecule has 1 fully saturated rings. The molecule has 1 amide bonds. The molecule has 0 saturated carbocycles. The number of hydrogen-bond donors (Lipinski definition) is 2. The average Bonchev–Trinajstić information content (AvgIpc) is 3.23. The molecule has 2 N–H and O–H groups in total. The van der Waals surface area contributed by atoms with Crippen molar-refractivity contribution in [2.45, 2.75) is 23.6 Å². The van der Waals surface area contributed by atoms with Gasteiger partial charge in [-0.15, -0.1) is 11.8 Å². The highest BCUT2D eigenvalue weighted by Gasteiger charge is 2.32. The Morgan fingerprint density at radius 2 is 1.69 bits per heavy atom. The molecule has 2 atom stereocenters. The summed E-state index contributed by atoms with van der Waals surface area (Å²) in [7, 11) is 0. The Morgan fingerprint density at radius 1 is 1.08 bits per heavy atom. The lowest BCUT2D eigenvalue weighted by Gasteiger charge is -2.16. The third-order valence-corrected chi connectivity index (χ3v) is 6.33. The normalized spacial score (nSPS) is 21.1. The number of carboxylic acid groups (broad SMARTS) is 1. The number of thioether (sulfide) groups is 1. The van der Waals surface area contributed by atoms with Crippen molar-refractivity contribution in [2.24, 2.45) is 0 Å². The van der Waals surface area contributed by atoms with Gasteiger partial charge in [0.25, 0.3) is 0 Å². The first-order valence-corrected chi connectivity index (χ1v) is 9.64. The lowest BCUT2D eigenvalue weighted by Crippen LogP contribution is -2.36. The monoisotopic (exact) mass is 369 g/mol. The van der Waals surface area contributed by atoms with Gasteiger partial charge in [0.1, 0.15) is 11.9 Å². The lowest BCUT2D eigenvalue weighted by molar-refractivity contribution is -0.136.